The normalized spacial score (nSPS) is 13.4. The molecule has 0 saturated heterocycles. The Morgan fingerprint density at radius 2 is 2.00 bits per heavy atom. The predicted molar refractivity (Wildman–Crippen MR) is 96.0 cm³/mol. The van der Waals surface area contributed by atoms with Crippen molar-refractivity contribution in [3.05, 3.63) is 53.0 Å². The number of amides is 1. The number of rotatable bonds is 4. The molecule has 4 nitrogen and oxygen atoms in total. The number of nitrogens with zero attached hydrogens (tertiary/aromatic N) is 2. The molecule has 0 fully saturated rings. The molecule has 128 valence electrons. The van der Waals surface area contributed by atoms with Crippen molar-refractivity contribution in [2.75, 3.05) is 11.1 Å². The molecule has 1 amide bonds. The molecule has 2 aromatic rings. The Balaban J connectivity index is 1.67. The maximum absolute atomic E-state index is 12.9. The number of thioether (sulfide) groups is 1. The molecule has 0 unspecified atom stereocenters. The van der Waals surface area contributed by atoms with E-state index in [0.29, 0.717) is 16.3 Å². The van der Waals surface area contributed by atoms with Gasteiger partial charge in [0.05, 0.1) is 11.3 Å². The summed E-state index contributed by atoms with van der Waals surface area (Å²) in [6, 6.07) is 9.73. The van der Waals surface area contributed by atoms with E-state index < -0.39 is 0 Å². The van der Waals surface area contributed by atoms with Crippen molar-refractivity contribution in [2.24, 2.45) is 0 Å². The summed E-state index contributed by atoms with van der Waals surface area (Å²) in [6.07, 6.45) is 5.32. The zero-order valence-corrected chi connectivity index (χ0v) is 14.5. The highest BCUT2D eigenvalue weighted by molar-refractivity contribution is 8.00. The predicted octanol–water partition coefficient (Wildman–Crippen LogP) is 4.09. The van der Waals surface area contributed by atoms with E-state index >= 15 is 0 Å². The molecule has 1 N–H and O–H groups in total. The van der Waals surface area contributed by atoms with E-state index in [0.717, 1.165) is 36.9 Å². The maximum Gasteiger partial charge on any atom is 0.234 e. The van der Waals surface area contributed by atoms with Crippen molar-refractivity contribution in [1.82, 2.24) is 4.98 Å². The van der Waals surface area contributed by atoms with E-state index in [1.54, 1.807) is 0 Å². The fourth-order valence-electron chi connectivity index (χ4n) is 2.85. The Morgan fingerprint density at radius 1 is 1.24 bits per heavy atom. The highest BCUT2D eigenvalue weighted by atomic mass is 32.2. The van der Waals surface area contributed by atoms with Gasteiger partial charge in [-0.1, -0.05) is 18.2 Å². The van der Waals surface area contributed by atoms with Gasteiger partial charge in [0.2, 0.25) is 5.91 Å². The van der Waals surface area contributed by atoms with Gasteiger partial charge in [-0.25, -0.2) is 9.37 Å². The molecule has 0 aliphatic heterocycles. The van der Waals surface area contributed by atoms with Gasteiger partial charge < -0.3 is 5.32 Å². The van der Waals surface area contributed by atoms with Crippen molar-refractivity contribution < 1.29 is 9.18 Å². The number of anilines is 1. The molecule has 1 aliphatic carbocycles. The quantitative estimate of drug-likeness (QED) is 0.663. The molecular weight excluding hydrogens is 337 g/mol. The van der Waals surface area contributed by atoms with E-state index in [4.69, 9.17) is 0 Å². The van der Waals surface area contributed by atoms with Crippen LogP contribution >= 0.6 is 11.8 Å². The smallest absolute Gasteiger partial charge is 0.234 e. The van der Waals surface area contributed by atoms with Crippen LogP contribution in [0.1, 0.15) is 36.1 Å². The summed E-state index contributed by atoms with van der Waals surface area (Å²) in [4.78, 5) is 16.7. The molecule has 1 aromatic heterocycles. The minimum atomic E-state index is -0.347. The van der Waals surface area contributed by atoms with Crippen LogP contribution in [0.5, 0.6) is 0 Å². The van der Waals surface area contributed by atoms with Gasteiger partial charge in [-0.15, -0.1) is 0 Å². The first-order valence-electron chi connectivity index (χ1n) is 8.27. The van der Waals surface area contributed by atoms with E-state index in [-0.39, 0.29) is 17.5 Å². The summed E-state index contributed by atoms with van der Waals surface area (Å²) in [5.74, 6) is -0.407. The van der Waals surface area contributed by atoms with E-state index in [2.05, 4.69) is 16.4 Å². The second-order valence-corrected chi connectivity index (χ2v) is 6.93. The minimum absolute atomic E-state index is 0.151. The number of fused-ring (bicyclic) bond motifs is 1. The van der Waals surface area contributed by atoms with Gasteiger partial charge in [-0.05, 0) is 61.6 Å². The molecule has 0 spiro atoms. The molecule has 6 heteroatoms. The topological polar surface area (TPSA) is 65.8 Å². The van der Waals surface area contributed by atoms with Crippen LogP contribution in [0.4, 0.5) is 10.1 Å². The first-order valence-corrected chi connectivity index (χ1v) is 9.25. The highest BCUT2D eigenvalue weighted by Crippen LogP contribution is 2.27. The Morgan fingerprint density at radius 3 is 2.76 bits per heavy atom. The molecular formula is C19H18FN3OS. The van der Waals surface area contributed by atoms with Gasteiger partial charge >= 0.3 is 0 Å². The maximum atomic E-state index is 12.9. The largest absolute Gasteiger partial charge is 0.325 e. The van der Waals surface area contributed by atoms with Crippen molar-refractivity contribution in [2.45, 2.75) is 37.1 Å². The summed E-state index contributed by atoms with van der Waals surface area (Å²) < 4.78 is 12.9. The average molecular weight is 355 g/mol. The molecule has 1 aromatic carbocycles. The van der Waals surface area contributed by atoms with Gasteiger partial charge in [-0.2, -0.15) is 5.26 Å². The molecule has 3 rings (SSSR count). The summed E-state index contributed by atoms with van der Waals surface area (Å²) in [5.41, 5.74) is 3.29. The molecule has 0 radical (unpaired) electrons. The van der Waals surface area contributed by atoms with Crippen LogP contribution in [0.15, 0.2) is 35.4 Å². The molecule has 1 aliphatic rings. The van der Waals surface area contributed by atoms with Crippen molar-refractivity contribution in [3.63, 3.8) is 0 Å². The first kappa shape index (κ1) is 17.4. The van der Waals surface area contributed by atoms with Crippen LogP contribution in [-0.4, -0.2) is 16.6 Å². The van der Waals surface area contributed by atoms with Gasteiger partial charge in [0, 0.05) is 11.4 Å². The summed E-state index contributed by atoms with van der Waals surface area (Å²) in [6.45, 7) is 0. The number of carbonyl (C=O) groups excluding carboxylic acids is 1. The zero-order chi connectivity index (χ0) is 17.6. The minimum Gasteiger partial charge on any atom is -0.325 e. The molecule has 0 saturated carbocycles. The third-order valence-electron chi connectivity index (χ3n) is 4.10. The second kappa shape index (κ2) is 8.13. The van der Waals surface area contributed by atoms with E-state index in [1.165, 1.54) is 42.4 Å². The summed E-state index contributed by atoms with van der Waals surface area (Å²) in [5, 5.41) is 12.7. The Kier molecular flexibility index (Phi) is 5.67. The van der Waals surface area contributed by atoms with Crippen LogP contribution < -0.4 is 5.32 Å². The molecule has 0 atom stereocenters. The highest BCUT2D eigenvalue weighted by Gasteiger charge is 2.15. The number of benzene rings is 1. The standard InChI is InChI=1S/C19H18FN3OS/c20-15-6-8-16(9-7-15)22-18(24)12-25-19-14(11-21)10-13-4-2-1-3-5-17(13)23-19/h6-10H,1-5,12H2,(H,22,24). The average Bonchev–Trinajstić information content (AvgIpc) is 2.85. The van der Waals surface area contributed by atoms with Crippen molar-refractivity contribution in [1.29, 1.82) is 5.26 Å². The van der Waals surface area contributed by atoms with Crippen LogP contribution in [0.25, 0.3) is 0 Å². The lowest BCUT2D eigenvalue weighted by Crippen LogP contribution is -2.14. The van der Waals surface area contributed by atoms with Crippen LogP contribution in [0.2, 0.25) is 0 Å². The van der Waals surface area contributed by atoms with Gasteiger partial charge in [-0.3, -0.25) is 4.79 Å². The lowest BCUT2D eigenvalue weighted by Gasteiger charge is -2.10. The van der Waals surface area contributed by atoms with E-state index in [9.17, 15) is 14.4 Å². The van der Waals surface area contributed by atoms with Crippen LogP contribution in [-0.2, 0) is 17.6 Å². The fraction of sp³-hybridized carbons (Fsp3) is 0.316. The Labute approximate surface area is 150 Å². The number of hydrogen-bond acceptors (Lipinski definition) is 4. The number of aromatic nitrogens is 1. The van der Waals surface area contributed by atoms with E-state index in [1.807, 2.05) is 6.07 Å². The number of hydrogen-bond donors (Lipinski definition) is 1. The fourth-order valence-corrected chi connectivity index (χ4v) is 3.62. The number of nitriles is 1. The van der Waals surface area contributed by atoms with Gasteiger partial charge in [0.1, 0.15) is 16.9 Å². The lowest BCUT2D eigenvalue weighted by molar-refractivity contribution is -0.113. The Hall–Kier alpha value is -2.39. The summed E-state index contributed by atoms with van der Waals surface area (Å²) >= 11 is 1.26. The monoisotopic (exact) mass is 355 g/mol. The first-order chi connectivity index (χ1) is 12.2. The number of aryl methyl sites for hydroxylation is 2. The number of carbonyl (C=O) groups is 1. The van der Waals surface area contributed by atoms with Crippen LogP contribution in [0.3, 0.4) is 0 Å². The van der Waals surface area contributed by atoms with Crippen LogP contribution in [0, 0.1) is 17.1 Å². The summed E-state index contributed by atoms with van der Waals surface area (Å²) in [7, 11) is 0. The number of nitrogens with one attached hydrogen (secondary N) is 1. The lowest BCUT2D eigenvalue weighted by atomic mass is 10.1. The number of halogens is 1. The zero-order valence-electron chi connectivity index (χ0n) is 13.7. The van der Waals surface area contributed by atoms with Crippen molar-refractivity contribution in [3.8, 4) is 6.07 Å². The third kappa shape index (κ3) is 4.58. The molecule has 25 heavy (non-hydrogen) atoms. The Bertz CT molecular complexity index is 815. The van der Waals surface area contributed by atoms with Gasteiger partial charge in [0.25, 0.3) is 0 Å². The number of pyridine rings is 1. The third-order valence-corrected chi connectivity index (χ3v) is 5.10. The molecule has 0 bridgehead atoms. The van der Waals surface area contributed by atoms with Crippen molar-refractivity contribution >= 4 is 23.4 Å². The molecule has 1 heterocycles. The SMILES string of the molecule is N#Cc1cc2c(nc1SCC(=O)Nc1ccc(F)cc1)CCCCC2. The van der Waals surface area contributed by atoms with Gasteiger partial charge in [0.15, 0.2) is 0 Å². The second-order valence-electron chi connectivity index (χ2n) is 5.96.